The molecule has 0 fully saturated rings. The highest BCUT2D eigenvalue weighted by atomic mass is 15.0. The van der Waals surface area contributed by atoms with E-state index in [1.54, 1.807) is 6.07 Å². The standard InChI is InChI=1S/C51H33N3/c1-3-13-34(14-4-1)37-27-28-39-32-42(30-29-38(39)31-37)51-53-49(36-16-5-2-6-17-36)52-50(54-51)41-20-9-19-40(33-41)44-22-11-25-48-46(44)24-12-26-47(48)45-23-10-18-35-15-7-8-21-43(35)45/h1-33H/i1D,3D,4D,13D,14D. The first-order valence-corrected chi connectivity index (χ1v) is 17.9. The fourth-order valence-electron chi connectivity index (χ4n) is 7.37. The summed E-state index contributed by atoms with van der Waals surface area (Å²) in [6.07, 6.45) is 0. The van der Waals surface area contributed by atoms with Gasteiger partial charge in [0.05, 0.1) is 6.85 Å². The van der Waals surface area contributed by atoms with Crippen LogP contribution < -0.4 is 0 Å². The van der Waals surface area contributed by atoms with Gasteiger partial charge in [-0.1, -0.05) is 182 Å². The maximum atomic E-state index is 8.48. The maximum absolute atomic E-state index is 8.48. The van der Waals surface area contributed by atoms with E-state index in [4.69, 9.17) is 21.8 Å². The number of benzene rings is 9. The molecule has 0 unspecified atom stereocenters. The summed E-state index contributed by atoms with van der Waals surface area (Å²) in [4.78, 5) is 15.1. The summed E-state index contributed by atoms with van der Waals surface area (Å²) in [5.41, 5.74) is 7.79. The topological polar surface area (TPSA) is 38.7 Å². The van der Waals surface area contributed by atoms with Crippen LogP contribution in [0, 0.1) is 0 Å². The number of rotatable bonds is 6. The summed E-state index contributed by atoms with van der Waals surface area (Å²) in [5.74, 6) is 1.61. The minimum absolute atomic E-state index is 0.174. The third-order valence-corrected chi connectivity index (χ3v) is 9.99. The van der Waals surface area contributed by atoms with E-state index in [0.29, 0.717) is 23.0 Å². The van der Waals surface area contributed by atoms with Crippen LogP contribution in [0.2, 0.25) is 0 Å². The van der Waals surface area contributed by atoms with E-state index in [1.807, 2.05) is 72.8 Å². The smallest absolute Gasteiger partial charge is 0.164 e. The van der Waals surface area contributed by atoms with Gasteiger partial charge in [-0.05, 0) is 83.9 Å². The molecule has 0 bridgehead atoms. The second-order valence-electron chi connectivity index (χ2n) is 13.3. The van der Waals surface area contributed by atoms with Gasteiger partial charge in [0.2, 0.25) is 0 Å². The third kappa shape index (κ3) is 5.78. The Labute approximate surface area is 321 Å². The average Bonchev–Trinajstić information content (AvgIpc) is 3.29. The molecule has 252 valence electrons. The van der Waals surface area contributed by atoms with Gasteiger partial charge < -0.3 is 0 Å². The van der Waals surface area contributed by atoms with Gasteiger partial charge in [0.15, 0.2) is 17.5 Å². The second-order valence-corrected chi connectivity index (χ2v) is 13.3. The Kier molecular flexibility index (Phi) is 6.58. The lowest BCUT2D eigenvalue weighted by molar-refractivity contribution is 1.07. The van der Waals surface area contributed by atoms with Crippen molar-refractivity contribution in [2.45, 2.75) is 0 Å². The fourth-order valence-corrected chi connectivity index (χ4v) is 7.37. The molecule has 1 heterocycles. The van der Waals surface area contributed by atoms with E-state index < -0.39 is 6.04 Å². The Bertz CT molecular complexity index is 3260. The minimum atomic E-state index is -0.410. The van der Waals surface area contributed by atoms with Gasteiger partial charge in [0.25, 0.3) is 0 Å². The first-order chi connectivity index (χ1) is 28.8. The van der Waals surface area contributed by atoms with Gasteiger partial charge in [-0.25, -0.2) is 15.0 Å². The van der Waals surface area contributed by atoms with Crippen molar-refractivity contribution in [1.82, 2.24) is 15.0 Å². The van der Waals surface area contributed by atoms with Gasteiger partial charge in [-0.15, -0.1) is 0 Å². The molecule has 0 atom stereocenters. The molecule has 0 saturated carbocycles. The predicted molar refractivity (Wildman–Crippen MR) is 225 cm³/mol. The third-order valence-electron chi connectivity index (χ3n) is 9.99. The van der Waals surface area contributed by atoms with Crippen LogP contribution in [-0.4, -0.2) is 15.0 Å². The van der Waals surface area contributed by atoms with Crippen molar-refractivity contribution in [3.8, 4) is 67.5 Å². The predicted octanol–water partition coefficient (Wildman–Crippen LogP) is 13.3. The number of hydrogen-bond acceptors (Lipinski definition) is 3. The number of nitrogens with zero attached hydrogens (tertiary/aromatic N) is 3. The van der Waals surface area contributed by atoms with E-state index in [9.17, 15) is 0 Å². The van der Waals surface area contributed by atoms with Crippen molar-refractivity contribution in [2.75, 3.05) is 0 Å². The van der Waals surface area contributed by atoms with Gasteiger partial charge in [0.1, 0.15) is 0 Å². The normalized spacial score (nSPS) is 12.6. The van der Waals surface area contributed by atoms with Crippen LogP contribution in [0.3, 0.4) is 0 Å². The Hall–Kier alpha value is -7.23. The zero-order valence-electron chi connectivity index (χ0n) is 34.0. The van der Waals surface area contributed by atoms with E-state index in [-0.39, 0.29) is 29.7 Å². The molecular weight excluding hydrogens is 655 g/mol. The molecule has 3 nitrogen and oxygen atoms in total. The molecule has 9 aromatic carbocycles. The lowest BCUT2D eigenvalue weighted by atomic mass is 9.90. The Morgan fingerprint density at radius 1 is 0.296 bits per heavy atom. The molecular formula is C51H33N3. The zero-order valence-corrected chi connectivity index (χ0v) is 29.0. The highest BCUT2D eigenvalue weighted by Gasteiger charge is 2.15. The lowest BCUT2D eigenvalue weighted by Crippen LogP contribution is -2.00. The summed E-state index contributed by atoms with van der Waals surface area (Å²) >= 11 is 0. The minimum Gasteiger partial charge on any atom is -0.208 e. The Balaban J connectivity index is 1.07. The van der Waals surface area contributed by atoms with Crippen LogP contribution >= 0.6 is 0 Å². The largest absolute Gasteiger partial charge is 0.208 e. The maximum Gasteiger partial charge on any atom is 0.164 e. The molecule has 1 aromatic heterocycles. The van der Waals surface area contributed by atoms with Crippen LogP contribution in [0.15, 0.2) is 200 Å². The molecule has 0 aliphatic carbocycles. The van der Waals surface area contributed by atoms with Gasteiger partial charge in [-0.3, -0.25) is 0 Å². The number of hydrogen-bond donors (Lipinski definition) is 0. The van der Waals surface area contributed by atoms with Gasteiger partial charge in [-0.2, -0.15) is 0 Å². The first kappa shape index (κ1) is 26.5. The lowest BCUT2D eigenvalue weighted by Gasteiger charge is -2.14. The molecule has 54 heavy (non-hydrogen) atoms. The molecule has 0 aliphatic heterocycles. The Morgan fingerprint density at radius 3 is 1.57 bits per heavy atom. The molecule has 0 N–H and O–H groups in total. The monoisotopic (exact) mass is 692 g/mol. The van der Waals surface area contributed by atoms with Crippen molar-refractivity contribution in [2.24, 2.45) is 0 Å². The molecule has 0 saturated heterocycles. The summed E-state index contributed by atoms with van der Waals surface area (Å²) < 4.78 is 41.3. The SMILES string of the molecule is [2H]c1c([2H])c([2H])c(-c2ccc3cc(-c4nc(-c5ccccc5)nc(-c5cccc(-c6cccc7c(-c8cccc9ccccc89)cccc67)c5)n4)ccc3c2)c([2H])c1[2H]. The molecule has 0 radical (unpaired) electrons. The zero-order chi connectivity index (χ0) is 40.2. The summed E-state index contributed by atoms with van der Waals surface area (Å²) in [6, 6.07) is 56.1. The quantitative estimate of drug-likeness (QED) is 0.174. The Morgan fingerprint density at radius 2 is 0.796 bits per heavy atom. The van der Waals surface area contributed by atoms with E-state index in [1.165, 1.54) is 27.3 Å². The number of fused-ring (bicyclic) bond motifs is 3. The highest BCUT2D eigenvalue weighted by Crippen LogP contribution is 2.38. The molecule has 10 rings (SSSR count). The van der Waals surface area contributed by atoms with Crippen LogP contribution in [-0.2, 0) is 0 Å². The van der Waals surface area contributed by atoms with Crippen molar-refractivity contribution < 1.29 is 6.85 Å². The molecule has 0 amide bonds. The van der Waals surface area contributed by atoms with Crippen LogP contribution in [0.5, 0.6) is 0 Å². The fraction of sp³-hybridized carbons (Fsp3) is 0. The molecule has 3 heteroatoms. The highest BCUT2D eigenvalue weighted by molar-refractivity contribution is 6.09. The van der Waals surface area contributed by atoms with Gasteiger partial charge in [0, 0.05) is 16.7 Å². The summed E-state index contributed by atoms with van der Waals surface area (Å²) in [5, 5.41) is 6.51. The van der Waals surface area contributed by atoms with Crippen molar-refractivity contribution >= 4 is 32.3 Å². The van der Waals surface area contributed by atoms with Crippen LogP contribution in [0.4, 0.5) is 0 Å². The summed E-state index contributed by atoms with van der Waals surface area (Å²) in [7, 11) is 0. The van der Waals surface area contributed by atoms with Crippen LogP contribution in [0.1, 0.15) is 6.85 Å². The van der Waals surface area contributed by atoms with E-state index >= 15 is 0 Å². The van der Waals surface area contributed by atoms with E-state index in [2.05, 4.69) is 91.0 Å². The summed E-state index contributed by atoms with van der Waals surface area (Å²) in [6.45, 7) is 0. The van der Waals surface area contributed by atoms with Crippen LogP contribution in [0.25, 0.3) is 99.9 Å². The van der Waals surface area contributed by atoms with E-state index in [0.717, 1.165) is 44.0 Å². The van der Waals surface area contributed by atoms with Gasteiger partial charge >= 0.3 is 0 Å². The van der Waals surface area contributed by atoms with Crippen molar-refractivity contribution in [3.05, 3.63) is 200 Å². The van der Waals surface area contributed by atoms with Crippen molar-refractivity contribution in [3.63, 3.8) is 0 Å². The second kappa shape index (κ2) is 13.4. The first-order valence-electron chi connectivity index (χ1n) is 20.4. The average molecular weight is 693 g/mol. The molecule has 10 aromatic rings. The molecule has 0 aliphatic rings. The number of aromatic nitrogens is 3. The van der Waals surface area contributed by atoms with Crippen molar-refractivity contribution in [1.29, 1.82) is 0 Å². The molecule has 0 spiro atoms.